The van der Waals surface area contributed by atoms with Gasteiger partial charge in [-0.05, 0) is 29.2 Å². The van der Waals surface area contributed by atoms with Gasteiger partial charge in [0.05, 0.1) is 12.4 Å². The van der Waals surface area contributed by atoms with Gasteiger partial charge in [0.15, 0.2) is 11.5 Å². The third-order valence-corrected chi connectivity index (χ3v) is 3.40. The summed E-state index contributed by atoms with van der Waals surface area (Å²) in [7, 11) is 0. The molecule has 1 aliphatic heterocycles. The Balaban J connectivity index is 1.85. The number of nitrogens with zero attached hydrogens (tertiary/aromatic N) is 6. The Morgan fingerprint density at radius 3 is 3.21 bits per heavy atom. The fourth-order valence-corrected chi connectivity index (χ4v) is 2.57. The van der Waals surface area contributed by atoms with Gasteiger partial charge in [0.1, 0.15) is 0 Å². The van der Waals surface area contributed by atoms with Gasteiger partial charge in [-0.3, -0.25) is 9.78 Å². The Labute approximate surface area is 109 Å². The van der Waals surface area contributed by atoms with Gasteiger partial charge in [0.2, 0.25) is 0 Å². The minimum absolute atomic E-state index is 0.165. The Bertz CT molecular complexity index is 598. The monoisotopic (exact) mass is 262 g/mol. The standard InChI is InChI=1S/C11H14N6O2/c18-11(19)4-8-2-1-3-16(7-8)10-6-12-5-9-13-14-15-17(9)10/h5-6,8H,1-4,7H2,(H,18,19). The lowest BCUT2D eigenvalue weighted by atomic mass is 9.95. The lowest BCUT2D eigenvalue weighted by Crippen LogP contribution is -2.37. The molecule has 8 nitrogen and oxygen atoms in total. The van der Waals surface area contributed by atoms with Gasteiger partial charge < -0.3 is 10.0 Å². The summed E-state index contributed by atoms with van der Waals surface area (Å²) in [5.41, 5.74) is 0.595. The topological polar surface area (TPSA) is 96.5 Å². The van der Waals surface area contributed by atoms with Gasteiger partial charge >= 0.3 is 5.97 Å². The molecule has 0 amide bonds. The van der Waals surface area contributed by atoms with Gasteiger partial charge in [-0.15, -0.1) is 5.10 Å². The Hall–Kier alpha value is -2.25. The predicted molar refractivity (Wildman–Crippen MR) is 65.8 cm³/mol. The first-order chi connectivity index (χ1) is 9.24. The molecule has 1 fully saturated rings. The molecule has 1 saturated heterocycles. The van der Waals surface area contributed by atoms with Crippen molar-refractivity contribution in [2.45, 2.75) is 19.3 Å². The summed E-state index contributed by atoms with van der Waals surface area (Å²) in [4.78, 5) is 17.0. The van der Waals surface area contributed by atoms with Gasteiger partial charge in [0, 0.05) is 19.5 Å². The number of anilines is 1. The number of fused-ring (bicyclic) bond motifs is 1. The molecule has 1 N–H and O–H groups in total. The zero-order chi connectivity index (χ0) is 13.2. The van der Waals surface area contributed by atoms with E-state index in [1.807, 2.05) is 0 Å². The van der Waals surface area contributed by atoms with E-state index in [1.165, 1.54) is 0 Å². The van der Waals surface area contributed by atoms with E-state index >= 15 is 0 Å². The van der Waals surface area contributed by atoms with E-state index in [0.29, 0.717) is 12.2 Å². The highest BCUT2D eigenvalue weighted by Crippen LogP contribution is 2.24. The van der Waals surface area contributed by atoms with Gasteiger partial charge in [-0.1, -0.05) is 0 Å². The number of aromatic nitrogens is 5. The third-order valence-electron chi connectivity index (χ3n) is 3.40. The first-order valence-corrected chi connectivity index (χ1v) is 6.23. The highest BCUT2D eigenvalue weighted by atomic mass is 16.4. The normalized spacial score (nSPS) is 19.8. The van der Waals surface area contributed by atoms with Gasteiger partial charge in [-0.25, -0.2) is 0 Å². The molecule has 0 bridgehead atoms. The molecule has 1 aliphatic rings. The molecular weight excluding hydrogens is 248 g/mol. The fraction of sp³-hybridized carbons (Fsp3) is 0.545. The van der Waals surface area contributed by atoms with E-state index in [4.69, 9.17) is 5.11 Å². The average Bonchev–Trinajstić information content (AvgIpc) is 2.86. The second-order valence-corrected chi connectivity index (χ2v) is 4.77. The fourth-order valence-electron chi connectivity index (χ4n) is 2.57. The van der Waals surface area contributed by atoms with Crippen LogP contribution in [0.3, 0.4) is 0 Å². The van der Waals surface area contributed by atoms with Crippen molar-refractivity contribution in [3.63, 3.8) is 0 Å². The SMILES string of the molecule is O=C(O)CC1CCCN(c2cncc3nnnn23)C1. The predicted octanol–water partition coefficient (Wildman–Crippen LogP) is 0.210. The lowest BCUT2D eigenvalue weighted by Gasteiger charge is -2.33. The van der Waals surface area contributed by atoms with Crippen molar-refractivity contribution in [3.8, 4) is 0 Å². The number of aliphatic carboxylic acids is 1. The minimum atomic E-state index is -0.745. The summed E-state index contributed by atoms with van der Waals surface area (Å²) in [6, 6.07) is 0. The van der Waals surface area contributed by atoms with Crippen LogP contribution in [0.2, 0.25) is 0 Å². The molecule has 2 aromatic rings. The maximum atomic E-state index is 10.8. The second-order valence-electron chi connectivity index (χ2n) is 4.77. The van der Waals surface area contributed by atoms with Crippen LogP contribution in [0.5, 0.6) is 0 Å². The Kier molecular flexibility index (Phi) is 2.98. The number of piperidine rings is 1. The average molecular weight is 262 g/mol. The number of tetrazole rings is 1. The lowest BCUT2D eigenvalue weighted by molar-refractivity contribution is -0.138. The second kappa shape index (κ2) is 4.79. The number of carboxylic acid groups (broad SMARTS) is 1. The van der Waals surface area contributed by atoms with E-state index in [-0.39, 0.29) is 12.3 Å². The Morgan fingerprint density at radius 1 is 1.47 bits per heavy atom. The maximum absolute atomic E-state index is 10.8. The van der Waals surface area contributed by atoms with E-state index in [9.17, 15) is 4.79 Å². The molecule has 0 spiro atoms. The van der Waals surface area contributed by atoms with Crippen LogP contribution in [0.25, 0.3) is 5.65 Å². The van der Waals surface area contributed by atoms with Crippen LogP contribution in [0.4, 0.5) is 5.82 Å². The number of rotatable bonds is 3. The number of hydrogen-bond donors (Lipinski definition) is 1. The van der Waals surface area contributed by atoms with Crippen LogP contribution in [0.1, 0.15) is 19.3 Å². The molecule has 3 heterocycles. The van der Waals surface area contributed by atoms with Crippen molar-refractivity contribution in [1.82, 2.24) is 25.0 Å². The molecule has 0 radical (unpaired) electrons. The highest BCUT2D eigenvalue weighted by molar-refractivity contribution is 5.67. The summed E-state index contributed by atoms with van der Waals surface area (Å²) >= 11 is 0. The zero-order valence-corrected chi connectivity index (χ0v) is 10.3. The molecule has 1 unspecified atom stereocenters. The van der Waals surface area contributed by atoms with Gasteiger partial charge in [0.25, 0.3) is 0 Å². The van der Waals surface area contributed by atoms with Crippen LogP contribution in [-0.2, 0) is 4.79 Å². The van der Waals surface area contributed by atoms with Crippen LogP contribution >= 0.6 is 0 Å². The molecule has 100 valence electrons. The van der Waals surface area contributed by atoms with Gasteiger partial charge in [-0.2, -0.15) is 4.52 Å². The molecule has 3 rings (SSSR count). The first kappa shape index (κ1) is 11.8. The number of carboxylic acids is 1. The van der Waals surface area contributed by atoms with Crippen molar-refractivity contribution >= 4 is 17.4 Å². The summed E-state index contributed by atoms with van der Waals surface area (Å²) < 4.78 is 1.64. The summed E-state index contributed by atoms with van der Waals surface area (Å²) in [5, 5.41) is 20.3. The van der Waals surface area contributed by atoms with Crippen LogP contribution in [0, 0.1) is 5.92 Å². The number of hydrogen-bond acceptors (Lipinski definition) is 6. The van der Waals surface area contributed by atoms with Crippen molar-refractivity contribution in [3.05, 3.63) is 12.4 Å². The molecule has 8 heteroatoms. The summed E-state index contributed by atoms with van der Waals surface area (Å²) in [6.07, 6.45) is 5.43. The third kappa shape index (κ3) is 2.33. The van der Waals surface area contributed by atoms with E-state index < -0.39 is 5.97 Å². The first-order valence-electron chi connectivity index (χ1n) is 6.23. The largest absolute Gasteiger partial charge is 0.481 e. The molecule has 0 aromatic carbocycles. The van der Waals surface area contributed by atoms with Crippen molar-refractivity contribution in [2.75, 3.05) is 18.0 Å². The Morgan fingerprint density at radius 2 is 2.37 bits per heavy atom. The molecule has 0 aliphatic carbocycles. The maximum Gasteiger partial charge on any atom is 0.303 e. The van der Waals surface area contributed by atoms with Crippen molar-refractivity contribution in [2.24, 2.45) is 5.92 Å². The number of carbonyl (C=O) groups is 1. The van der Waals surface area contributed by atoms with E-state index in [0.717, 1.165) is 25.2 Å². The van der Waals surface area contributed by atoms with Crippen LogP contribution in [-0.4, -0.2) is 49.2 Å². The molecule has 2 aromatic heterocycles. The van der Waals surface area contributed by atoms with Crippen molar-refractivity contribution in [1.29, 1.82) is 0 Å². The van der Waals surface area contributed by atoms with Crippen LogP contribution in [0.15, 0.2) is 12.4 Å². The quantitative estimate of drug-likeness (QED) is 0.844. The molecule has 0 saturated carbocycles. The minimum Gasteiger partial charge on any atom is -0.481 e. The summed E-state index contributed by atoms with van der Waals surface area (Å²) in [5.74, 6) is 0.237. The van der Waals surface area contributed by atoms with Crippen molar-refractivity contribution < 1.29 is 9.90 Å². The molecule has 1 atom stereocenters. The smallest absolute Gasteiger partial charge is 0.303 e. The van der Waals surface area contributed by atoms with Crippen LogP contribution < -0.4 is 4.90 Å². The molecular formula is C11H14N6O2. The highest BCUT2D eigenvalue weighted by Gasteiger charge is 2.24. The molecule has 19 heavy (non-hydrogen) atoms. The van der Waals surface area contributed by atoms with E-state index in [1.54, 1.807) is 16.9 Å². The zero-order valence-electron chi connectivity index (χ0n) is 10.3. The summed E-state index contributed by atoms with van der Waals surface area (Å²) in [6.45, 7) is 1.57. The van der Waals surface area contributed by atoms with E-state index in [2.05, 4.69) is 25.4 Å².